The molecule has 5 heteroatoms. The van der Waals surface area contributed by atoms with Gasteiger partial charge in [0.1, 0.15) is 18.5 Å². The van der Waals surface area contributed by atoms with Gasteiger partial charge < -0.3 is 14.2 Å². The Labute approximate surface area is 154 Å². The van der Waals surface area contributed by atoms with Gasteiger partial charge in [0.15, 0.2) is 17.3 Å². The van der Waals surface area contributed by atoms with E-state index in [1.54, 1.807) is 20.1 Å². The molecule has 0 radical (unpaired) electrons. The first-order valence-electron chi connectivity index (χ1n) is 8.89. The normalized spacial score (nSPS) is 15.8. The van der Waals surface area contributed by atoms with Crippen molar-refractivity contribution >= 4 is 5.78 Å². The third kappa shape index (κ3) is 4.17. The molecule has 1 heterocycles. The Bertz CT molecular complexity index is 774. The monoisotopic (exact) mass is 355 g/mol. The Kier molecular flexibility index (Phi) is 5.78. The van der Waals surface area contributed by atoms with Gasteiger partial charge in [-0.3, -0.25) is 9.69 Å². The number of fused-ring (bicyclic) bond motifs is 1. The highest BCUT2D eigenvalue weighted by molar-refractivity contribution is 5.94. The Balaban J connectivity index is 1.70. The molecule has 1 aliphatic rings. The summed E-state index contributed by atoms with van der Waals surface area (Å²) in [4.78, 5) is 14.0. The molecule has 3 rings (SSSR count). The predicted molar refractivity (Wildman–Crippen MR) is 100 cm³/mol. The maximum Gasteiger partial charge on any atom is 0.161 e. The summed E-state index contributed by atoms with van der Waals surface area (Å²) in [5.74, 6) is 2.43. The lowest BCUT2D eigenvalue weighted by Crippen LogP contribution is -2.40. The van der Waals surface area contributed by atoms with Crippen molar-refractivity contribution in [2.75, 3.05) is 26.8 Å². The molecule has 1 atom stereocenters. The molecule has 0 saturated heterocycles. The summed E-state index contributed by atoms with van der Waals surface area (Å²) < 4.78 is 17.3. The maximum atomic E-state index is 11.7. The van der Waals surface area contributed by atoms with Crippen LogP contribution in [0, 0.1) is 0 Å². The molecule has 1 aliphatic heterocycles. The lowest BCUT2D eigenvalue weighted by Gasteiger charge is -2.31. The molecule has 0 fully saturated rings. The number of rotatable bonds is 7. The lowest BCUT2D eigenvalue weighted by molar-refractivity contribution is 0.0578. The second-order valence-electron chi connectivity index (χ2n) is 6.41. The fourth-order valence-electron chi connectivity index (χ4n) is 3.11. The van der Waals surface area contributed by atoms with E-state index >= 15 is 0 Å². The van der Waals surface area contributed by atoms with E-state index in [9.17, 15) is 4.79 Å². The van der Waals surface area contributed by atoms with Crippen molar-refractivity contribution in [1.29, 1.82) is 0 Å². The van der Waals surface area contributed by atoms with Gasteiger partial charge in [0.05, 0.1) is 7.11 Å². The van der Waals surface area contributed by atoms with Crippen molar-refractivity contribution in [1.82, 2.24) is 4.90 Å². The molecule has 0 N–H and O–H groups in total. The van der Waals surface area contributed by atoms with Crippen LogP contribution < -0.4 is 14.2 Å². The summed E-state index contributed by atoms with van der Waals surface area (Å²) in [5, 5.41) is 0. The van der Waals surface area contributed by atoms with Crippen LogP contribution in [-0.4, -0.2) is 43.6 Å². The van der Waals surface area contributed by atoms with Crippen molar-refractivity contribution < 1.29 is 19.0 Å². The van der Waals surface area contributed by atoms with E-state index in [1.807, 2.05) is 36.4 Å². The van der Waals surface area contributed by atoms with E-state index in [0.717, 1.165) is 35.9 Å². The number of carbonyl (C=O) groups is 1. The number of carbonyl (C=O) groups excluding carboxylic acids is 1. The average molecular weight is 355 g/mol. The van der Waals surface area contributed by atoms with E-state index in [2.05, 4.69) is 11.8 Å². The first kappa shape index (κ1) is 18.3. The summed E-state index contributed by atoms with van der Waals surface area (Å²) in [6.45, 7) is 6.49. The number of ketones is 1. The highest BCUT2D eigenvalue weighted by Crippen LogP contribution is 2.31. The zero-order chi connectivity index (χ0) is 18.5. The molecular formula is C21H25NO4. The summed E-state index contributed by atoms with van der Waals surface area (Å²) in [5.41, 5.74) is 1.70. The zero-order valence-corrected chi connectivity index (χ0v) is 15.5. The molecule has 1 unspecified atom stereocenters. The number of nitrogens with zero attached hydrogens (tertiary/aromatic N) is 1. The van der Waals surface area contributed by atoms with Gasteiger partial charge in [-0.1, -0.05) is 19.1 Å². The van der Waals surface area contributed by atoms with E-state index in [1.165, 1.54) is 0 Å². The minimum atomic E-state index is -0.0353. The molecule has 0 aromatic heterocycles. The Morgan fingerprint density at radius 1 is 1.23 bits per heavy atom. The smallest absolute Gasteiger partial charge is 0.161 e. The van der Waals surface area contributed by atoms with E-state index < -0.39 is 0 Å². The molecule has 2 aromatic rings. The van der Waals surface area contributed by atoms with Crippen LogP contribution in [0.1, 0.15) is 29.8 Å². The number of hydrogen-bond donors (Lipinski definition) is 0. The Hall–Kier alpha value is -2.53. The number of Topliss-reactive ketones (excluding diaryl/α,β-unsaturated/α-hetero) is 1. The predicted octanol–water partition coefficient (Wildman–Crippen LogP) is 3.56. The fraction of sp³-hybridized carbons (Fsp3) is 0.381. The van der Waals surface area contributed by atoms with Gasteiger partial charge in [-0.25, -0.2) is 0 Å². The van der Waals surface area contributed by atoms with Crippen LogP contribution in [0.3, 0.4) is 0 Å². The van der Waals surface area contributed by atoms with Crippen LogP contribution in [0.15, 0.2) is 42.5 Å². The topological polar surface area (TPSA) is 48.0 Å². The molecule has 138 valence electrons. The van der Waals surface area contributed by atoms with Gasteiger partial charge in [-0.2, -0.15) is 0 Å². The molecule has 26 heavy (non-hydrogen) atoms. The molecule has 0 aliphatic carbocycles. The van der Waals surface area contributed by atoms with Crippen LogP contribution in [-0.2, 0) is 6.54 Å². The van der Waals surface area contributed by atoms with Gasteiger partial charge in [-0.05, 0) is 43.8 Å². The third-order valence-electron chi connectivity index (χ3n) is 4.56. The second kappa shape index (κ2) is 8.23. The lowest BCUT2D eigenvalue weighted by atomic mass is 10.1. The minimum absolute atomic E-state index is 0.0353. The van der Waals surface area contributed by atoms with E-state index in [0.29, 0.717) is 18.7 Å². The summed E-state index contributed by atoms with van der Waals surface area (Å²) in [6, 6.07) is 13.3. The Morgan fingerprint density at radius 2 is 2.00 bits per heavy atom. The molecule has 0 amide bonds. The molecule has 0 saturated carbocycles. The van der Waals surface area contributed by atoms with E-state index in [-0.39, 0.29) is 11.9 Å². The largest absolute Gasteiger partial charge is 0.496 e. The molecular weight excluding hydrogens is 330 g/mol. The zero-order valence-electron chi connectivity index (χ0n) is 15.5. The van der Waals surface area contributed by atoms with Crippen molar-refractivity contribution in [3.63, 3.8) is 0 Å². The van der Waals surface area contributed by atoms with Crippen molar-refractivity contribution in [3.8, 4) is 17.2 Å². The van der Waals surface area contributed by atoms with Gasteiger partial charge >= 0.3 is 0 Å². The molecule has 0 bridgehead atoms. The third-order valence-corrected chi connectivity index (χ3v) is 4.56. The van der Waals surface area contributed by atoms with Crippen molar-refractivity contribution in [3.05, 3.63) is 53.6 Å². The van der Waals surface area contributed by atoms with Crippen molar-refractivity contribution in [2.45, 2.75) is 26.5 Å². The standard InChI is InChI=1S/C21H25NO4/c1-4-22(12-17-11-16(15(2)23)9-10-19(17)24-3)13-18-14-25-20-7-5-6-8-21(20)26-18/h5-11,18H,4,12-14H2,1-3H3. The number of likely N-dealkylation sites (N-methyl/N-ethyl adjacent to an activating group) is 1. The maximum absolute atomic E-state index is 11.7. The van der Waals surface area contributed by atoms with Crippen LogP contribution in [0.25, 0.3) is 0 Å². The number of methoxy groups -OCH3 is 1. The van der Waals surface area contributed by atoms with Crippen molar-refractivity contribution in [2.24, 2.45) is 0 Å². The number of hydrogen-bond acceptors (Lipinski definition) is 5. The average Bonchev–Trinajstić information content (AvgIpc) is 2.67. The van der Waals surface area contributed by atoms with Crippen LogP contribution >= 0.6 is 0 Å². The van der Waals surface area contributed by atoms with Gasteiger partial charge in [0.2, 0.25) is 0 Å². The first-order valence-corrected chi connectivity index (χ1v) is 8.89. The summed E-state index contributed by atoms with van der Waals surface area (Å²) in [7, 11) is 1.65. The Morgan fingerprint density at radius 3 is 2.69 bits per heavy atom. The van der Waals surface area contributed by atoms with Crippen LogP contribution in [0.2, 0.25) is 0 Å². The fourth-order valence-corrected chi connectivity index (χ4v) is 3.11. The van der Waals surface area contributed by atoms with Gasteiger partial charge in [0, 0.05) is 24.2 Å². The highest BCUT2D eigenvalue weighted by Gasteiger charge is 2.23. The number of para-hydroxylation sites is 2. The highest BCUT2D eigenvalue weighted by atomic mass is 16.6. The molecule has 2 aromatic carbocycles. The SMILES string of the molecule is CCN(Cc1cc(C(C)=O)ccc1OC)CC1COc2ccccc2O1. The number of benzene rings is 2. The quantitative estimate of drug-likeness (QED) is 0.711. The number of ether oxygens (including phenoxy) is 3. The first-order chi connectivity index (χ1) is 12.6. The van der Waals surface area contributed by atoms with E-state index in [4.69, 9.17) is 14.2 Å². The summed E-state index contributed by atoms with van der Waals surface area (Å²) >= 11 is 0. The second-order valence-corrected chi connectivity index (χ2v) is 6.41. The molecule has 0 spiro atoms. The van der Waals surface area contributed by atoms with Gasteiger partial charge in [-0.15, -0.1) is 0 Å². The van der Waals surface area contributed by atoms with Crippen LogP contribution in [0.4, 0.5) is 0 Å². The summed E-state index contributed by atoms with van der Waals surface area (Å²) in [6.07, 6.45) is -0.0353. The minimum Gasteiger partial charge on any atom is -0.496 e. The molecule has 5 nitrogen and oxygen atoms in total. The van der Waals surface area contributed by atoms with Gasteiger partial charge in [0.25, 0.3) is 0 Å². The van der Waals surface area contributed by atoms with Crippen LogP contribution in [0.5, 0.6) is 17.2 Å².